The fourth-order valence-electron chi connectivity index (χ4n) is 2.32. The molecule has 0 fully saturated rings. The third-order valence-electron chi connectivity index (χ3n) is 3.56. The number of nitrogens with zero attached hydrogens (tertiary/aromatic N) is 3. The van der Waals surface area contributed by atoms with Crippen LogP contribution in [0.1, 0.15) is 25.1 Å². The lowest BCUT2D eigenvalue weighted by Gasteiger charge is -2.23. The third kappa shape index (κ3) is 3.07. The second-order valence-electron chi connectivity index (χ2n) is 5.81. The average Bonchev–Trinajstić information content (AvgIpc) is 2.55. The van der Waals surface area contributed by atoms with Gasteiger partial charge in [0.1, 0.15) is 5.60 Å². The summed E-state index contributed by atoms with van der Waals surface area (Å²) in [4.78, 5) is 10.9. The number of hydrogen-bond donors (Lipinski definition) is 1. The summed E-state index contributed by atoms with van der Waals surface area (Å²) in [5.74, 6) is 0. The first-order valence-electron chi connectivity index (χ1n) is 7.29. The van der Waals surface area contributed by atoms with E-state index in [4.69, 9.17) is 0 Å². The molecule has 1 N–H and O–H groups in total. The van der Waals surface area contributed by atoms with Gasteiger partial charge in [-0.15, -0.1) is 0 Å². The molecule has 22 heavy (non-hydrogen) atoms. The molecule has 0 aliphatic carbocycles. The number of para-hydroxylation sites is 1. The summed E-state index contributed by atoms with van der Waals surface area (Å²) in [6, 6.07) is 14.0. The maximum absolute atomic E-state index is 9.97. The van der Waals surface area contributed by atoms with Crippen LogP contribution in [0.2, 0.25) is 0 Å². The minimum absolute atomic E-state index is 0.650. The second-order valence-corrected chi connectivity index (χ2v) is 5.81. The number of benzene rings is 1. The first kappa shape index (κ1) is 14.5. The van der Waals surface area contributed by atoms with Crippen LogP contribution in [0.5, 0.6) is 0 Å². The molecule has 4 heteroatoms. The van der Waals surface area contributed by atoms with E-state index in [1.54, 1.807) is 20.0 Å². The molecule has 2 aromatic rings. The highest BCUT2D eigenvalue weighted by Gasteiger charge is 2.18. The Labute approximate surface area is 130 Å². The van der Waals surface area contributed by atoms with E-state index in [0.717, 1.165) is 23.5 Å². The van der Waals surface area contributed by atoms with E-state index in [2.05, 4.69) is 27.0 Å². The molecule has 112 valence electrons. The maximum Gasteiger partial charge on any atom is 0.101 e. The van der Waals surface area contributed by atoms with Crippen molar-refractivity contribution in [1.29, 1.82) is 0 Å². The second kappa shape index (κ2) is 5.73. The molecule has 0 bridgehead atoms. The van der Waals surface area contributed by atoms with Gasteiger partial charge in [0.2, 0.25) is 0 Å². The van der Waals surface area contributed by atoms with Crippen LogP contribution in [-0.4, -0.2) is 22.8 Å². The van der Waals surface area contributed by atoms with Crippen molar-refractivity contribution < 1.29 is 5.11 Å². The molecule has 0 atom stereocenters. The summed E-state index contributed by atoms with van der Waals surface area (Å²) in [5.41, 5.74) is 2.65. The molecule has 0 amide bonds. The monoisotopic (exact) mass is 293 g/mol. The van der Waals surface area contributed by atoms with Crippen LogP contribution in [0, 0.1) is 0 Å². The summed E-state index contributed by atoms with van der Waals surface area (Å²) in [6.07, 6.45) is 5.67. The summed E-state index contributed by atoms with van der Waals surface area (Å²) in [7, 11) is 0. The molecule has 1 aliphatic heterocycles. The van der Waals surface area contributed by atoms with Gasteiger partial charge in [-0.05, 0) is 38.1 Å². The van der Waals surface area contributed by atoms with E-state index >= 15 is 0 Å². The minimum atomic E-state index is -0.932. The van der Waals surface area contributed by atoms with Gasteiger partial charge >= 0.3 is 0 Å². The zero-order chi connectivity index (χ0) is 15.6. The quantitative estimate of drug-likeness (QED) is 0.945. The number of aliphatic imine (C=N–C) groups is 1. The van der Waals surface area contributed by atoms with E-state index in [0.29, 0.717) is 5.69 Å². The SMILES string of the molecule is CC(C)(O)c1ccc(C2=CN(c3ccccc3)CC=N2)cn1. The van der Waals surface area contributed by atoms with Crippen LogP contribution in [-0.2, 0) is 5.60 Å². The first-order chi connectivity index (χ1) is 10.5. The summed E-state index contributed by atoms with van der Waals surface area (Å²) >= 11 is 0. The number of hydrogen-bond acceptors (Lipinski definition) is 4. The number of aliphatic hydroxyl groups is 1. The lowest BCUT2D eigenvalue weighted by atomic mass is 10.0. The fraction of sp³-hybridized carbons (Fsp3) is 0.222. The zero-order valence-corrected chi connectivity index (χ0v) is 12.8. The largest absolute Gasteiger partial charge is 0.384 e. The average molecular weight is 293 g/mol. The van der Waals surface area contributed by atoms with Crippen molar-refractivity contribution in [3.8, 4) is 0 Å². The highest BCUT2D eigenvalue weighted by atomic mass is 16.3. The van der Waals surface area contributed by atoms with Crippen molar-refractivity contribution in [3.63, 3.8) is 0 Å². The van der Waals surface area contributed by atoms with Gasteiger partial charge < -0.3 is 10.0 Å². The van der Waals surface area contributed by atoms with Crippen molar-refractivity contribution in [2.45, 2.75) is 19.4 Å². The molecule has 1 aromatic heterocycles. The first-order valence-corrected chi connectivity index (χ1v) is 7.29. The van der Waals surface area contributed by atoms with Crippen LogP contribution in [0.25, 0.3) is 5.70 Å². The van der Waals surface area contributed by atoms with Gasteiger partial charge in [0.15, 0.2) is 0 Å². The Kier molecular flexibility index (Phi) is 3.77. The zero-order valence-electron chi connectivity index (χ0n) is 12.8. The van der Waals surface area contributed by atoms with E-state index < -0.39 is 5.60 Å². The predicted molar refractivity (Wildman–Crippen MR) is 89.7 cm³/mol. The van der Waals surface area contributed by atoms with E-state index in [-0.39, 0.29) is 0 Å². The normalized spacial score (nSPS) is 14.9. The maximum atomic E-state index is 9.97. The van der Waals surface area contributed by atoms with Crippen LogP contribution in [0.15, 0.2) is 59.9 Å². The van der Waals surface area contributed by atoms with Crippen molar-refractivity contribution in [2.24, 2.45) is 4.99 Å². The van der Waals surface area contributed by atoms with E-state index in [9.17, 15) is 5.11 Å². The van der Waals surface area contributed by atoms with Gasteiger partial charge in [0, 0.05) is 29.9 Å². The minimum Gasteiger partial charge on any atom is -0.384 e. The Bertz CT molecular complexity index is 697. The van der Waals surface area contributed by atoms with Crippen LogP contribution in [0.4, 0.5) is 5.69 Å². The lowest BCUT2D eigenvalue weighted by Crippen LogP contribution is -2.22. The Balaban J connectivity index is 1.88. The Morgan fingerprint density at radius 3 is 2.50 bits per heavy atom. The molecule has 3 rings (SSSR count). The van der Waals surface area contributed by atoms with Crippen molar-refractivity contribution in [1.82, 2.24) is 4.98 Å². The molecule has 0 unspecified atom stereocenters. The highest BCUT2D eigenvalue weighted by molar-refractivity contribution is 5.82. The van der Waals surface area contributed by atoms with Crippen molar-refractivity contribution in [2.75, 3.05) is 11.4 Å². The van der Waals surface area contributed by atoms with Gasteiger partial charge in [-0.1, -0.05) is 18.2 Å². The Hall–Kier alpha value is -2.46. The van der Waals surface area contributed by atoms with E-state index in [1.165, 1.54) is 0 Å². The lowest BCUT2D eigenvalue weighted by molar-refractivity contribution is 0.0738. The summed E-state index contributed by atoms with van der Waals surface area (Å²) in [6.45, 7) is 4.21. The van der Waals surface area contributed by atoms with Gasteiger partial charge in [-0.2, -0.15) is 0 Å². The van der Waals surface area contributed by atoms with Crippen molar-refractivity contribution in [3.05, 3.63) is 66.1 Å². The van der Waals surface area contributed by atoms with Gasteiger partial charge in [0.25, 0.3) is 0 Å². The fourth-order valence-corrected chi connectivity index (χ4v) is 2.32. The molecule has 1 aliphatic rings. The molecule has 4 nitrogen and oxygen atoms in total. The van der Waals surface area contributed by atoms with Gasteiger partial charge in [-0.25, -0.2) is 0 Å². The third-order valence-corrected chi connectivity index (χ3v) is 3.56. The van der Waals surface area contributed by atoms with Crippen LogP contribution < -0.4 is 4.90 Å². The molecule has 0 saturated carbocycles. The molecule has 0 radical (unpaired) electrons. The Morgan fingerprint density at radius 2 is 1.86 bits per heavy atom. The van der Waals surface area contributed by atoms with Crippen molar-refractivity contribution >= 4 is 17.6 Å². The summed E-state index contributed by atoms with van der Waals surface area (Å²) in [5, 5.41) is 9.97. The number of aromatic nitrogens is 1. The molecular formula is C18H19N3O. The van der Waals surface area contributed by atoms with Crippen LogP contribution >= 0.6 is 0 Å². The molecule has 0 spiro atoms. The molecule has 2 heterocycles. The topological polar surface area (TPSA) is 48.7 Å². The standard InChI is InChI=1S/C18H19N3O/c1-18(2,22)17-9-8-14(12-20-17)16-13-21(11-10-19-16)15-6-4-3-5-7-15/h3-10,12-13,22H,11H2,1-2H3. The molecular weight excluding hydrogens is 274 g/mol. The van der Waals surface area contributed by atoms with Crippen LogP contribution in [0.3, 0.4) is 0 Å². The summed E-state index contributed by atoms with van der Waals surface area (Å²) < 4.78 is 0. The number of pyridine rings is 1. The predicted octanol–water partition coefficient (Wildman–Crippen LogP) is 3.20. The van der Waals surface area contributed by atoms with E-state index in [1.807, 2.05) is 42.7 Å². The smallest absolute Gasteiger partial charge is 0.101 e. The van der Waals surface area contributed by atoms with Gasteiger partial charge in [0.05, 0.1) is 17.9 Å². The number of anilines is 1. The Morgan fingerprint density at radius 1 is 1.09 bits per heavy atom. The van der Waals surface area contributed by atoms with Gasteiger partial charge in [-0.3, -0.25) is 9.98 Å². The molecule has 1 aromatic carbocycles. The number of rotatable bonds is 3. The molecule has 0 saturated heterocycles. The highest BCUT2D eigenvalue weighted by Crippen LogP contribution is 2.24.